The molecule has 2 aromatic rings. The van der Waals surface area contributed by atoms with Crippen LogP contribution < -0.4 is 5.32 Å². The Hall–Kier alpha value is -0.720. The van der Waals surface area contributed by atoms with Crippen molar-refractivity contribution in [3.63, 3.8) is 0 Å². The van der Waals surface area contributed by atoms with Crippen molar-refractivity contribution in [2.24, 2.45) is 0 Å². The SMILES string of the molecule is CCCNc1nsnc1-c1ccc(Br)c(Cl)c1F. The lowest BCUT2D eigenvalue weighted by Crippen LogP contribution is -2.01. The number of benzene rings is 1. The van der Waals surface area contributed by atoms with Gasteiger partial charge in [-0.05, 0) is 34.5 Å². The van der Waals surface area contributed by atoms with Gasteiger partial charge in [0.2, 0.25) is 0 Å². The molecular weight excluding hydrogens is 341 g/mol. The van der Waals surface area contributed by atoms with Gasteiger partial charge in [-0.15, -0.1) is 0 Å². The van der Waals surface area contributed by atoms with Crippen molar-refractivity contribution in [2.75, 3.05) is 11.9 Å². The second-order valence-electron chi connectivity index (χ2n) is 3.61. The maximum absolute atomic E-state index is 14.1. The van der Waals surface area contributed by atoms with E-state index in [1.54, 1.807) is 12.1 Å². The summed E-state index contributed by atoms with van der Waals surface area (Å²) in [6, 6.07) is 3.34. The molecule has 1 heterocycles. The average molecular weight is 351 g/mol. The highest BCUT2D eigenvalue weighted by Crippen LogP contribution is 2.35. The summed E-state index contributed by atoms with van der Waals surface area (Å²) in [4.78, 5) is 0. The zero-order valence-electron chi connectivity index (χ0n) is 9.51. The van der Waals surface area contributed by atoms with Crippen molar-refractivity contribution in [3.05, 3.63) is 27.4 Å². The van der Waals surface area contributed by atoms with Crippen LogP contribution in [0.4, 0.5) is 10.2 Å². The van der Waals surface area contributed by atoms with Gasteiger partial charge in [0.25, 0.3) is 0 Å². The van der Waals surface area contributed by atoms with Crippen LogP contribution >= 0.6 is 39.3 Å². The molecule has 0 aliphatic heterocycles. The van der Waals surface area contributed by atoms with E-state index in [0.29, 0.717) is 21.5 Å². The number of nitrogens with one attached hydrogen (secondary N) is 1. The van der Waals surface area contributed by atoms with Crippen molar-refractivity contribution in [2.45, 2.75) is 13.3 Å². The lowest BCUT2D eigenvalue weighted by atomic mass is 10.1. The molecule has 0 spiro atoms. The largest absolute Gasteiger partial charge is 0.367 e. The van der Waals surface area contributed by atoms with Crippen molar-refractivity contribution in [3.8, 4) is 11.3 Å². The van der Waals surface area contributed by atoms with Crippen molar-refractivity contribution < 1.29 is 4.39 Å². The molecule has 0 aliphatic carbocycles. The van der Waals surface area contributed by atoms with Gasteiger partial charge in [0, 0.05) is 16.6 Å². The Balaban J connectivity index is 2.43. The topological polar surface area (TPSA) is 37.8 Å². The molecule has 0 saturated carbocycles. The van der Waals surface area contributed by atoms with Crippen molar-refractivity contribution >= 4 is 45.1 Å². The first-order chi connectivity index (χ1) is 8.65. The molecule has 1 aromatic heterocycles. The minimum Gasteiger partial charge on any atom is -0.367 e. The number of hydrogen-bond acceptors (Lipinski definition) is 4. The van der Waals surface area contributed by atoms with Gasteiger partial charge in [0.1, 0.15) is 5.69 Å². The third kappa shape index (κ3) is 2.65. The summed E-state index contributed by atoms with van der Waals surface area (Å²) in [5.74, 6) is 0.109. The van der Waals surface area contributed by atoms with Crippen LogP contribution in [0.1, 0.15) is 13.3 Å². The van der Waals surface area contributed by atoms with Gasteiger partial charge < -0.3 is 5.32 Å². The molecule has 0 bridgehead atoms. The Morgan fingerprint density at radius 3 is 2.94 bits per heavy atom. The molecule has 0 atom stereocenters. The van der Waals surface area contributed by atoms with Gasteiger partial charge in [-0.25, -0.2) is 4.39 Å². The van der Waals surface area contributed by atoms with Gasteiger partial charge >= 0.3 is 0 Å². The number of halogens is 3. The Morgan fingerprint density at radius 2 is 2.22 bits per heavy atom. The minimum absolute atomic E-state index is 0.0574. The average Bonchev–Trinajstić information content (AvgIpc) is 2.82. The predicted octanol–water partition coefficient (Wildman–Crippen LogP) is 4.58. The van der Waals surface area contributed by atoms with Crippen LogP contribution in [0, 0.1) is 5.82 Å². The van der Waals surface area contributed by atoms with E-state index < -0.39 is 5.82 Å². The first-order valence-corrected chi connectivity index (χ1v) is 7.25. The Kier molecular flexibility index (Phi) is 4.53. The van der Waals surface area contributed by atoms with E-state index in [4.69, 9.17) is 11.6 Å². The van der Waals surface area contributed by atoms with Crippen molar-refractivity contribution in [1.82, 2.24) is 8.75 Å². The van der Waals surface area contributed by atoms with Gasteiger partial charge in [-0.2, -0.15) is 8.75 Å². The van der Waals surface area contributed by atoms with Crippen LogP contribution in [0.15, 0.2) is 16.6 Å². The molecular formula is C11H10BrClFN3S. The smallest absolute Gasteiger partial charge is 0.168 e. The fourth-order valence-electron chi connectivity index (χ4n) is 1.43. The molecule has 1 aromatic carbocycles. The normalized spacial score (nSPS) is 10.7. The third-order valence-electron chi connectivity index (χ3n) is 2.32. The highest BCUT2D eigenvalue weighted by Gasteiger charge is 2.17. The van der Waals surface area contributed by atoms with E-state index in [0.717, 1.165) is 24.7 Å². The molecule has 18 heavy (non-hydrogen) atoms. The van der Waals surface area contributed by atoms with Crippen LogP contribution in [0.3, 0.4) is 0 Å². The second-order valence-corrected chi connectivity index (χ2v) is 5.37. The Labute approximate surface area is 122 Å². The third-order valence-corrected chi connectivity index (χ3v) is 4.11. The van der Waals surface area contributed by atoms with Crippen molar-refractivity contribution in [1.29, 1.82) is 0 Å². The lowest BCUT2D eigenvalue weighted by molar-refractivity contribution is 0.630. The first kappa shape index (κ1) is 13.7. The fraction of sp³-hybridized carbons (Fsp3) is 0.273. The molecule has 7 heteroatoms. The molecule has 0 unspecified atom stereocenters. The van der Waals surface area contributed by atoms with Gasteiger partial charge in [0.15, 0.2) is 11.6 Å². The van der Waals surface area contributed by atoms with E-state index in [1.807, 2.05) is 6.92 Å². The maximum Gasteiger partial charge on any atom is 0.168 e. The lowest BCUT2D eigenvalue weighted by Gasteiger charge is -2.06. The molecule has 0 radical (unpaired) electrons. The summed E-state index contributed by atoms with van der Waals surface area (Å²) in [5.41, 5.74) is 0.857. The number of anilines is 1. The second kappa shape index (κ2) is 5.95. The minimum atomic E-state index is -0.488. The zero-order valence-corrected chi connectivity index (χ0v) is 12.7. The molecule has 1 N–H and O–H groups in total. The van der Waals surface area contributed by atoms with E-state index in [-0.39, 0.29) is 5.02 Å². The first-order valence-electron chi connectivity index (χ1n) is 5.35. The maximum atomic E-state index is 14.1. The quantitative estimate of drug-likeness (QED) is 0.820. The van der Waals surface area contributed by atoms with E-state index in [2.05, 4.69) is 30.0 Å². The molecule has 2 rings (SSSR count). The summed E-state index contributed by atoms with van der Waals surface area (Å²) in [6.45, 7) is 2.81. The molecule has 96 valence electrons. The van der Waals surface area contributed by atoms with Crippen LogP contribution in [0.2, 0.25) is 5.02 Å². The van der Waals surface area contributed by atoms with Gasteiger partial charge in [-0.3, -0.25) is 0 Å². The van der Waals surface area contributed by atoms with E-state index in [1.165, 1.54) is 0 Å². The summed E-state index contributed by atoms with van der Waals surface area (Å²) < 4.78 is 22.8. The van der Waals surface area contributed by atoms with E-state index >= 15 is 0 Å². The van der Waals surface area contributed by atoms with E-state index in [9.17, 15) is 4.39 Å². The zero-order chi connectivity index (χ0) is 13.1. The summed E-state index contributed by atoms with van der Waals surface area (Å²) in [6.07, 6.45) is 0.959. The highest BCUT2D eigenvalue weighted by molar-refractivity contribution is 9.10. The van der Waals surface area contributed by atoms with Gasteiger partial charge in [-0.1, -0.05) is 18.5 Å². The summed E-state index contributed by atoms with van der Waals surface area (Å²) in [7, 11) is 0. The van der Waals surface area contributed by atoms with Crippen LogP contribution in [-0.2, 0) is 0 Å². The van der Waals surface area contributed by atoms with Gasteiger partial charge in [0.05, 0.1) is 16.8 Å². The number of aromatic nitrogens is 2. The molecule has 0 saturated heterocycles. The standard InChI is InChI=1S/C11H10BrClFN3S/c1-2-5-15-11-10(16-18-17-11)6-3-4-7(12)8(13)9(6)14/h3-4H,2,5H2,1H3,(H,15,17). The number of hydrogen-bond donors (Lipinski definition) is 1. The molecule has 0 aliphatic rings. The fourth-order valence-corrected chi connectivity index (χ4v) is 2.44. The van der Waals surface area contributed by atoms with Crippen LogP contribution in [0.5, 0.6) is 0 Å². The Bertz CT molecular complexity index is 561. The Morgan fingerprint density at radius 1 is 1.44 bits per heavy atom. The molecule has 3 nitrogen and oxygen atoms in total. The number of rotatable bonds is 4. The van der Waals surface area contributed by atoms with Crippen LogP contribution in [0.25, 0.3) is 11.3 Å². The molecule has 0 amide bonds. The highest BCUT2D eigenvalue weighted by atomic mass is 79.9. The summed E-state index contributed by atoms with van der Waals surface area (Å²) in [5, 5.41) is 3.18. The molecule has 0 fully saturated rings. The monoisotopic (exact) mass is 349 g/mol. The predicted molar refractivity (Wildman–Crippen MR) is 76.8 cm³/mol. The number of nitrogens with zero attached hydrogens (tertiary/aromatic N) is 2. The van der Waals surface area contributed by atoms with Crippen LogP contribution in [-0.4, -0.2) is 15.3 Å². The summed E-state index contributed by atoms with van der Waals surface area (Å²) >= 11 is 10.1.